The van der Waals surface area contributed by atoms with Gasteiger partial charge in [-0.3, -0.25) is 0 Å². The molecule has 34 heavy (non-hydrogen) atoms. The maximum Gasteiger partial charge on any atom is 0.360 e. The molecule has 0 amide bonds. The molecule has 10 nitrogen and oxygen atoms in total. The number of hydrogen-bond donors (Lipinski definition) is 1. The second-order valence-corrected chi connectivity index (χ2v) is 7.07. The highest BCUT2D eigenvalue weighted by Gasteiger charge is 2.14. The van der Waals surface area contributed by atoms with Gasteiger partial charge in [-0.05, 0) is 43.3 Å². The third-order valence-corrected chi connectivity index (χ3v) is 4.54. The van der Waals surface area contributed by atoms with Crippen LogP contribution in [0.4, 0.5) is 8.78 Å². The van der Waals surface area contributed by atoms with E-state index in [0.29, 0.717) is 11.4 Å². The molecule has 1 N–H and O–H groups in total. The van der Waals surface area contributed by atoms with Gasteiger partial charge in [0.15, 0.2) is 11.4 Å². The van der Waals surface area contributed by atoms with Crippen LogP contribution in [-0.4, -0.2) is 53.6 Å². The summed E-state index contributed by atoms with van der Waals surface area (Å²) >= 11 is 11.6. The fourth-order valence-electron chi connectivity index (χ4n) is 2.44. The first-order valence-corrected chi connectivity index (χ1v) is 10.1. The number of rotatable bonds is 5. The SMILES string of the molecule is CCOC(=O)c1cnn(-c2ccc(F)cc2Cl)n1.O=C(O)c1cnn(-c2ccc(F)cc2Cl)n1. The van der Waals surface area contributed by atoms with Crippen molar-refractivity contribution in [2.75, 3.05) is 6.61 Å². The molecular weight excluding hydrogens is 497 g/mol. The summed E-state index contributed by atoms with van der Waals surface area (Å²) in [5, 5.41) is 24.1. The van der Waals surface area contributed by atoms with E-state index in [0.717, 1.165) is 27.9 Å². The van der Waals surface area contributed by atoms with E-state index in [4.69, 9.17) is 33.0 Å². The fraction of sp³-hybridized carbons (Fsp3) is 0.100. The van der Waals surface area contributed by atoms with Gasteiger partial charge in [0, 0.05) is 0 Å². The molecule has 2 aromatic carbocycles. The van der Waals surface area contributed by atoms with Crippen molar-refractivity contribution in [1.29, 1.82) is 0 Å². The molecule has 0 aliphatic carbocycles. The van der Waals surface area contributed by atoms with Crippen molar-refractivity contribution in [2.24, 2.45) is 0 Å². The van der Waals surface area contributed by atoms with Crippen LogP contribution in [-0.2, 0) is 4.74 Å². The lowest BCUT2D eigenvalue weighted by atomic mass is 10.3. The number of aromatic carboxylic acids is 1. The third-order valence-electron chi connectivity index (χ3n) is 3.94. The van der Waals surface area contributed by atoms with Crippen LogP contribution in [0.15, 0.2) is 48.8 Å². The molecule has 4 aromatic rings. The summed E-state index contributed by atoms with van der Waals surface area (Å²) in [7, 11) is 0. The summed E-state index contributed by atoms with van der Waals surface area (Å²) in [6.07, 6.45) is 2.35. The van der Waals surface area contributed by atoms with Crippen molar-refractivity contribution in [3.8, 4) is 11.4 Å². The Morgan fingerprint density at radius 3 is 1.79 bits per heavy atom. The van der Waals surface area contributed by atoms with E-state index in [9.17, 15) is 18.4 Å². The number of carboxylic acids is 1. The number of ether oxygens (including phenoxy) is 1. The Kier molecular flexibility index (Phi) is 7.87. The van der Waals surface area contributed by atoms with Gasteiger partial charge < -0.3 is 9.84 Å². The topological polar surface area (TPSA) is 125 Å². The first kappa shape index (κ1) is 24.7. The molecule has 0 saturated heterocycles. The monoisotopic (exact) mass is 510 g/mol. The maximum atomic E-state index is 12.9. The molecule has 4 rings (SSSR count). The molecule has 0 spiro atoms. The predicted octanol–water partition coefficient (Wildman–Crippen LogP) is 3.99. The highest BCUT2D eigenvalue weighted by atomic mass is 35.5. The van der Waals surface area contributed by atoms with Crippen molar-refractivity contribution in [1.82, 2.24) is 30.0 Å². The van der Waals surface area contributed by atoms with E-state index in [-0.39, 0.29) is 28.0 Å². The molecule has 0 bridgehead atoms. The maximum absolute atomic E-state index is 12.9. The summed E-state index contributed by atoms with van der Waals surface area (Å²) in [5.41, 5.74) is 0.557. The van der Waals surface area contributed by atoms with Crippen molar-refractivity contribution in [2.45, 2.75) is 6.92 Å². The Hall–Kier alpha value is -3.90. The van der Waals surface area contributed by atoms with Crippen LogP contribution in [0.3, 0.4) is 0 Å². The van der Waals surface area contributed by atoms with E-state index >= 15 is 0 Å². The van der Waals surface area contributed by atoms with Crippen molar-refractivity contribution in [3.63, 3.8) is 0 Å². The average molecular weight is 511 g/mol. The van der Waals surface area contributed by atoms with Crippen LogP contribution in [0.2, 0.25) is 10.0 Å². The lowest BCUT2D eigenvalue weighted by Crippen LogP contribution is -2.07. The first-order chi connectivity index (χ1) is 16.2. The summed E-state index contributed by atoms with van der Waals surface area (Å²) in [4.78, 5) is 24.2. The molecule has 0 aliphatic heterocycles. The Morgan fingerprint density at radius 1 is 0.912 bits per heavy atom. The third kappa shape index (κ3) is 5.91. The number of carbonyl (C=O) groups is 2. The largest absolute Gasteiger partial charge is 0.476 e. The van der Waals surface area contributed by atoms with Gasteiger partial charge in [0.2, 0.25) is 0 Å². The zero-order valence-corrected chi connectivity index (χ0v) is 18.7. The molecule has 0 saturated carbocycles. The Balaban J connectivity index is 0.000000192. The summed E-state index contributed by atoms with van der Waals surface area (Å²) in [6, 6.07) is 7.44. The van der Waals surface area contributed by atoms with Gasteiger partial charge >= 0.3 is 11.9 Å². The highest BCUT2D eigenvalue weighted by Crippen LogP contribution is 2.21. The van der Waals surface area contributed by atoms with Crippen LogP contribution in [0.25, 0.3) is 11.4 Å². The second-order valence-electron chi connectivity index (χ2n) is 6.26. The molecule has 0 fully saturated rings. The number of hydrogen-bond acceptors (Lipinski definition) is 7. The zero-order chi connectivity index (χ0) is 24.8. The number of halogens is 4. The van der Waals surface area contributed by atoms with E-state index in [1.807, 2.05) is 0 Å². The van der Waals surface area contributed by atoms with Crippen LogP contribution in [0.5, 0.6) is 0 Å². The smallest absolute Gasteiger partial charge is 0.360 e. The molecule has 0 unspecified atom stereocenters. The van der Waals surface area contributed by atoms with Gasteiger partial charge in [-0.25, -0.2) is 18.4 Å². The molecule has 14 heteroatoms. The molecule has 0 aliphatic rings. The molecule has 0 atom stereocenters. The number of carboxylic acid groups (broad SMARTS) is 1. The Morgan fingerprint density at radius 2 is 1.38 bits per heavy atom. The minimum atomic E-state index is -1.19. The van der Waals surface area contributed by atoms with Crippen LogP contribution in [0, 0.1) is 11.6 Å². The van der Waals surface area contributed by atoms with E-state index in [1.165, 1.54) is 30.5 Å². The summed E-state index contributed by atoms with van der Waals surface area (Å²) in [6.45, 7) is 1.95. The first-order valence-electron chi connectivity index (χ1n) is 9.35. The van der Waals surface area contributed by atoms with Crippen molar-refractivity contribution in [3.05, 3.63) is 81.9 Å². The van der Waals surface area contributed by atoms with E-state index in [1.54, 1.807) is 6.92 Å². The van der Waals surface area contributed by atoms with E-state index in [2.05, 4.69) is 20.4 Å². The van der Waals surface area contributed by atoms with Crippen LogP contribution < -0.4 is 0 Å². The van der Waals surface area contributed by atoms with Gasteiger partial charge in [-0.15, -0.1) is 19.8 Å². The van der Waals surface area contributed by atoms with Gasteiger partial charge in [0.25, 0.3) is 0 Å². The quantitative estimate of drug-likeness (QED) is 0.399. The molecule has 2 heterocycles. The van der Waals surface area contributed by atoms with Gasteiger partial charge in [-0.2, -0.15) is 10.2 Å². The molecule has 176 valence electrons. The normalized spacial score (nSPS) is 10.4. The van der Waals surface area contributed by atoms with Crippen molar-refractivity contribution >= 4 is 35.1 Å². The number of carbonyl (C=O) groups excluding carboxylic acids is 1. The molecule has 0 radical (unpaired) electrons. The van der Waals surface area contributed by atoms with Gasteiger partial charge in [0.05, 0.1) is 29.0 Å². The van der Waals surface area contributed by atoms with Crippen LogP contribution in [0.1, 0.15) is 27.9 Å². The van der Waals surface area contributed by atoms with Crippen molar-refractivity contribution < 1.29 is 28.2 Å². The minimum Gasteiger partial charge on any atom is -0.476 e. The lowest BCUT2D eigenvalue weighted by Gasteiger charge is -2.02. The predicted molar refractivity (Wildman–Crippen MR) is 116 cm³/mol. The summed E-state index contributed by atoms with van der Waals surface area (Å²) < 4.78 is 30.4. The van der Waals surface area contributed by atoms with Gasteiger partial charge in [-0.1, -0.05) is 23.2 Å². The zero-order valence-electron chi connectivity index (χ0n) is 17.2. The number of aromatic nitrogens is 6. The summed E-state index contributed by atoms with van der Waals surface area (Å²) in [5.74, 6) is -2.70. The number of esters is 1. The van der Waals surface area contributed by atoms with E-state index < -0.39 is 23.6 Å². The second kappa shape index (κ2) is 10.8. The average Bonchev–Trinajstić information content (AvgIpc) is 3.45. The fourth-order valence-corrected chi connectivity index (χ4v) is 2.93. The number of benzene rings is 2. The highest BCUT2D eigenvalue weighted by molar-refractivity contribution is 6.32. The van der Waals surface area contributed by atoms with Crippen LogP contribution >= 0.6 is 23.2 Å². The number of nitrogens with zero attached hydrogens (tertiary/aromatic N) is 6. The standard InChI is InChI=1S/C11H9ClFN3O2.C9H5ClFN3O2/c1-2-18-11(17)9-6-14-16(15-9)10-4-3-7(13)5-8(10)12;10-6-3-5(11)1-2-8(6)14-12-4-7(13-14)9(15)16/h3-6H,2H2,1H3;1-4H,(H,15,16). The molecular formula is C20H14Cl2F2N6O4. The van der Waals surface area contributed by atoms with Gasteiger partial charge in [0.1, 0.15) is 23.0 Å². The molecule has 2 aromatic heterocycles. The lowest BCUT2D eigenvalue weighted by molar-refractivity contribution is 0.0518. The Bertz CT molecular complexity index is 1340. The Labute approximate surface area is 200 Å². The minimum absolute atomic E-state index is 0.0669.